The van der Waals surface area contributed by atoms with Gasteiger partial charge < -0.3 is 10.7 Å². The summed E-state index contributed by atoms with van der Waals surface area (Å²) < 4.78 is 1.10. The molecule has 0 saturated heterocycles. The highest BCUT2D eigenvalue weighted by Crippen LogP contribution is 2.31. The monoisotopic (exact) mass is 329 g/mol. The normalized spacial score (nSPS) is 11.2. The predicted molar refractivity (Wildman–Crippen MR) is 87.9 cm³/mol. The number of aromatic nitrogens is 2. The Balaban J connectivity index is 2.29. The van der Waals surface area contributed by atoms with E-state index in [1.54, 1.807) is 0 Å². The van der Waals surface area contributed by atoms with Crippen molar-refractivity contribution in [2.45, 2.75) is 20.8 Å². The highest BCUT2D eigenvalue weighted by atomic mass is 79.9. The van der Waals surface area contributed by atoms with Crippen LogP contribution in [-0.4, -0.2) is 9.97 Å². The van der Waals surface area contributed by atoms with E-state index in [-0.39, 0.29) is 0 Å². The second kappa shape index (κ2) is 4.63. The van der Waals surface area contributed by atoms with Crippen LogP contribution < -0.4 is 5.73 Å². The Morgan fingerprint density at radius 1 is 1.10 bits per heavy atom. The molecule has 3 N–H and O–H groups in total. The Morgan fingerprint density at radius 2 is 1.85 bits per heavy atom. The van der Waals surface area contributed by atoms with Crippen molar-refractivity contribution < 1.29 is 0 Å². The van der Waals surface area contributed by atoms with E-state index in [1.165, 1.54) is 11.1 Å². The Labute approximate surface area is 126 Å². The van der Waals surface area contributed by atoms with Crippen LogP contribution in [0.3, 0.4) is 0 Å². The molecule has 1 aromatic heterocycles. The molecule has 0 amide bonds. The van der Waals surface area contributed by atoms with Crippen LogP contribution in [-0.2, 0) is 0 Å². The minimum Gasteiger partial charge on any atom is -0.398 e. The molecule has 0 aliphatic rings. The van der Waals surface area contributed by atoms with Crippen LogP contribution in [0.5, 0.6) is 0 Å². The van der Waals surface area contributed by atoms with E-state index in [1.807, 2.05) is 25.1 Å². The van der Waals surface area contributed by atoms with Gasteiger partial charge in [-0.2, -0.15) is 0 Å². The van der Waals surface area contributed by atoms with Gasteiger partial charge in [0, 0.05) is 15.7 Å². The minimum atomic E-state index is 0.789. The summed E-state index contributed by atoms with van der Waals surface area (Å²) in [5, 5.41) is 0. The lowest BCUT2D eigenvalue weighted by Crippen LogP contribution is -1.92. The summed E-state index contributed by atoms with van der Waals surface area (Å²) >= 11 is 3.59. The fourth-order valence-corrected chi connectivity index (χ4v) is 2.93. The third-order valence-electron chi connectivity index (χ3n) is 3.91. The molecule has 1 heterocycles. The van der Waals surface area contributed by atoms with Crippen LogP contribution in [0.1, 0.15) is 16.7 Å². The smallest absolute Gasteiger partial charge is 0.138 e. The molecule has 0 bridgehead atoms. The molecule has 102 valence electrons. The van der Waals surface area contributed by atoms with Gasteiger partial charge in [0.25, 0.3) is 0 Å². The number of nitrogens with two attached hydrogens (primary N) is 1. The van der Waals surface area contributed by atoms with Crippen LogP contribution in [0.4, 0.5) is 5.69 Å². The van der Waals surface area contributed by atoms with Gasteiger partial charge in [0.05, 0.1) is 11.0 Å². The molecule has 0 saturated carbocycles. The summed E-state index contributed by atoms with van der Waals surface area (Å²) in [6.07, 6.45) is 0. The Bertz CT molecular complexity index is 818. The minimum absolute atomic E-state index is 0.789. The third kappa shape index (κ3) is 1.91. The fraction of sp³-hybridized carbons (Fsp3) is 0.188. The van der Waals surface area contributed by atoms with Crippen LogP contribution in [0.2, 0.25) is 0 Å². The first-order chi connectivity index (χ1) is 9.49. The number of nitrogens with zero attached hydrogens (tertiary/aromatic N) is 1. The maximum absolute atomic E-state index is 5.98. The first-order valence-corrected chi connectivity index (χ1v) is 7.29. The molecular formula is C16H16BrN3. The molecule has 0 aliphatic heterocycles. The first-order valence-electron chi connectivity index (χ1n) is 6.50. The standard InChI is InChI=1S/C16H16BrN3/c1-8-9(2)15-14(7-12(8)17)19-16(20-15)11-5-4-6-13(18)10(11)3/h4-7H,18H2,1-3H3,(H,19,20). The maximum Gasteiger partial charge on any atom is 0.138 e. The van der Waals surface area contributed by atoms with E-state index in [2.05, 4.69) is 40.8 Å². The van der Waals surface area contributed by atoms with Crippen molar-refractivity contribution >= 4 is 32.7 Å². The van der Waals surface area contributed by atoms with Gasteiger partial charge in [-0.1, -0.05) is 28.1 Å². The fourth-order valence-electron chi connectivity index (χ4n) is 2.41. The van der Waals surface area contributed by atoms with Gasteiger partial charge in [-0.25, -0.2) is 4.98 Å². The molecular weight excluding hydrogens is 314 g/mol. The van der Waals surface area contributed by atoms with Crippen LogP contribution in [0, 0.1) is 20.8 Å². The number of aromatic amines is 1. The van der Waals surface area contributed by atoms with E-state index in [0.717, 1.165) is 38.1 Å². The predicted octanol–water partition coefficient (Wildman–Crippen LogP) is 4.50. The number of hydrogen-bond acceptors (Lipinski definition) is 2. The van der Waals surface area contributed by atoms with Crippen molar-refractivity contribution in [3.8, 4) is 11.4 Å². The van der Waals surface area contributed by atoms with Crippen LogP contribution in [0.25, 0.3) is 22.4 Å². The molecule has 0 unspecified atom stereocenters. The Hall–Kier alpha value is -1.81. The molecule has 3 nitrogen and oxygen atoms in total. The molecule has 0 fully saturated rings. The highest BCUT2D eigenvalue weighted by molar-refractivity contribution is 9.10. The Kier molecular flexibility index (Phi) is 3.05. The van der Waals surface area contributed by atoms with E-state index >= 15 is 0 Å². The summed E-state index contributed by atoms with van der Waals surface area (Å²) in [5.41, 5.74) is 13.3. The number of H-pyrrole nitrogens is 1. The van der Waals surface area contributed by atoms with Gasteiger partial charge in [-0.3, -0.25) is 0 Å². The summed E-state index contributed by atoms with van der Waals surface area (Å²) in [5.74, 6) is 0.866. The number of halogens is 1. The maximum atomic E-state index is 5.98. The van der Waals surface area contributed by atoms with Crippen molar-refractivity contribution in [3.05, 3.63) is 45.4 Å². The van der Waals surface area contributed by atoms with Gasteiger partial charge in [0.1, 0.15) is 5.82 Å². The number of rotatable bonds is 1. The molecule has 0 radical (unpaired) electrons. The first kappa shape index (κ1) is 13.2. The van der Waals surface area contributed by atoms with Crippen molar-refractivity contribution in [3.63, 3.8) is 0 Å². The Morgan fingerprint density at radius 3 is 2.60 bits per heavy atom. The molecule has 0 aliphatic carbocycles. The lowest BCUT2D eigenvalue weighted by molar-refractivity contribution is 1.30. The number of hydrogen-bond donors (Lipinski definition) is 2. The third-order valence-corrected chi connectivity index (χ3v) is 4.73. The second-order valence-electron chi connectivity index (χ2n) is 5.11. The van der Waals surface area contributed by atoms with E-state index in [4.69, 9.17) is 10.7 Å². The van der Waals surface area contributed by atoms with Crippen LogP contribution in [0.15, 0.2) is 28.7 Å². The molecule has 0 atom stereocenters. The quantitative estimate of drug-likeness (QED) is 0.646. The summed E-state index contributed by atoms with van der Waals surface area (Å²) in [6, 6.07) is 7.99. The number of nitrogen functional groups attached to an aromatic ring is 1. The van der Waals surface area contributed by atoms with Gasteiger partial charge in [0.15, 0.2) is 0 Å². The number of fused-ring (bicyclic) bond motifs is 1. The average molecular weight is 330 g/mol. The number of anilines is 1. The molecule has 4 heteroatoms. The topological polar surface area (TPSA) is 54.7 Å². The molecule has 20 heavy (non-hydrogen) atoms. The van der Waals surface area contributed by atoms with Gasteiger partial charge in [-0.15, -0.1) is 0 Å². The molecule has 0 spiro atoms. The van der Waals surface area contributed by atoms with Crippen LogP contribution >= 0.6 is 15.9 Å². The van der Waals surface area contributed by atoms with Crippen molar-refractivity contribution in [1.29, 1.82) is 0 Å². The highest BCUT2D eigenvalue weighted by Gasteiger charge is 2.13. The summed E-state index contributed by atoms with van der Waals surface area (Å²) in [4.78, 5) is 8.15. The zero-order chi connectivity index (χ0) is 14.4. The average Bonchev–Trinajstić information content (AvgIpc) is 2.83. The number of benzene rings is 2. The summed E-state index contributed by atoms with van der Waals surface area (Å²) in [6.45, 7) is 6.21. The lowest BCUT2D eigenvalue weighted by Gasteiger charge is -2.04. The molecule has 3 aromatic rings. The zero-order valence-corrected chi connectivity index (χ0v) is 13.3. The lowest BCUT2D eigenvalue weighted by atomic mass is 10.1. The van der Waals surface area contributed by atoms with E-state index < -0.39 is 0 Å². The molecule has 2 aromatic carbocycles. The largest absolute Gasteiger partial charge is 0.398 e. The van der Waals surface area contributed by atoms with Gasteiger partial charge >= 0.3 is 0 Å². The van der Waals surface area contributed by atoms with Crippen molar-refractivity contribution in [2.75, 3.05) is 5.73 Å². The number of imidazole rings is 1. The summed E-state index contributed by atoms with van der Waals surface area (Å²) in [7, 11) is 0. The second-order valence-corrected chi connectivity index (χ2v) is 5.96. The number of aryl methyl sites for hydroxylation is 1. The SMILES string of the molecule is Cc1c(N)cccc1-c1nc2c(C)c(C)c(Br)cc2[nH]1. The van der Waals surface area contributed by atoms with Crippen molar-refractivity contribution in [2.24, 2.45) is 0 Å². The van der Waals surface area contributed by atoms with Gasteiger partial charge in [0.2, 0.25) is 0 Å². The number of nitrogens with one attached hydrogen (secondary N) is 1. The van der Waals surface area contributed by atoms with E-state index in [0.29, 0.717) is 0 Å². The van der Waals surface area contributed by atoms with E-state index in [9.17, 15) is 0 Å². The molecule has 3 rings (SSSR count). The zero-order valence-electron chi connectivity index (χ0n) is 11.7. The van der Waals surface area contributed by atoms with Crippen molar-refractivity contribution in [1.82, 2.24) is 9.97 Å². The van der Waals surface area contributed by atoms with Gasteiger partial charge in [-0.05, 0) is 49.6 Å².